The van der Waals surface area contributed by atoms with Crippen molar-refractivity contribution in [3.8, 4) is 0 Å². The predicted octanol–water partition coefficient (Wildman–Crippen LogP) is 5.81. The second kappa shape index (κ2) is 8.58. The highest BCUT2D eigenvalue weighted by Gasteiger charge is 2.17. The van der Waals surface area contributed by atoms with E-state index >= 15 is 0 Å². The first kappa shape index (κ1) is 18.2. The molecule has 120 valence electrons. The van der Waals surface area contributed by atoms with Gasteiger partial charge in [-0.15, -0.1) is 0 Å². The van der Waals surface area contributed by atoms with Crippen LogP contribution in [-0.2, 0) is 0 Å². The minimum Gasteiger partial charge on any atom is -0.386 e. The van der Waals surface area contributed by atoms with Gasteiger partial charge < -0.3 is 5.11 Å². The van der Waals surface area contributed by atoms with E-state index in [1.165, 1.54) is 17.6 Å². The van der Waals surface area contributed by atoms with Crippen molar-refractivity contribution in [1.82, 2.24) is 0 Å². The van der Waals surface area contributed by atoms with Gasteiger partial charge in [0.2, 0.25) is 0 Å². The first-order valence-corrected chi connectivity index (χ1v) is 8.53. The summed E-state index contributed by atoms with van der Waals surface area (Å²) in [5, 5.41) is 10.5. The molecule has 0 aromatic rings. The molecule has 21 heavy (non-hydrogen) atoms. The molecule has 0 spiro atoms. The molecule has 0 amide bonds. The van der Waals surface area contributed by atoms with E-state index in [2.05, 4.69) is 45.9 Å². The number of rotatable bonds is 1. The second-order valence-electron chi connectivity index (χ2n) is 7.34. The molecule has 0 saturated heterocycles. The van der Waals surface area contributed by atoms with Crippen molar-refractivity contribution in [2.45, 2.75) is 78.7 Å². The van der Waals surface area contributed by atoms with Crippen LogP contribution in [0.2, 0.25) is 0 Å². The third-order valence-electron chi connectivity index (χ3n) is 4.61. The highest BCUT2D eigenvalue weighted by atomic mass is 16.3. The lowest BCUT2D eigenvalue weighted by Gasteiger charge is -2.22. The van der Waals surface area contributed by atoms with Crippen molar-refractivity contribution in [3.05, 3.63) is 35.5 Å². The van der Waals surface area contributed by atoms with Crippen molar-refractivity contribution in [2.24, 2.45) is 11.8 Å². The molecule has 0 aromatic carbocycles. The van der Waals surface area contributed by atoms with Crippen LogP contribution in [0.1, 0.15) is 73.1 Å². The molecule has 1 rings (SSSR count). The standard InChI is InChI=1S/C20H34O/c1-16(2)19-12-11-18(4)9-6-8-17(3)10-7-14-20(5,21)15-13-19/h9-10,13,15-16,19,21H,6-8,11-12,14H2,1-5H3/b15-13+,17-10+,18-9-. The summed E-state index contributed by atoms with van der Waals surface area (Å²) < 4.78 is 0. The van der Waals surface area contributed by atoms with E-state index in [9.17, 15) is 5.11 Å². The summed E-state index contributed by atoms with van der Waals surface area (Å²) in [6.07, 6.45) is 15.4. The summed E-state index contributed by atoms with van der Waals surface area (Å²) in [6.45, 7) is 10.9. The number of allylic oxidation sites excluding steroid dienone is 5. The zero-order valence-corrected chi connectivity index (χ0v) is 14.7. The fourth-order valence-electron chi connectivity index (χ4n) is 2.82. The molecule has 0 fully saturated rings. The minimum absolute atomic E-state index is 0.556. The Morgan fingerprint density at radius 3 is 2.38 bits per heavy atom. The Bertz CT molecular complexity index is 396. The largest absolute Gasteiger partial charge is 0.386 e. The molecule has 2 unspecified atom stereocenters. The van der Waals surface area contributed by atoms with Gasteiger partial charge in [0.25, 0.3) is 0 Å². The van der Waals surface area contributed by atoms with E-state index in [1.807, 2.05) is 13.0 Å². The van der Waals surface area contributed by atoms with Gasteiger partial charge in [-0.1, -0.05) is 49.3 Å². The molecule has 1 aliphatic rings. The van der Waals surface area contributed by atoms with Crippen molar-refractivity contribution in [1.29, 1.82) is 0 Å². The number of hydrogen-bond donors (Lipinski definition) is 1. The molecule has 0 heterocycles. The van der Waals surface area contributed by atoms with Crippen LogP contribution in [0.3, 0.4) is 0 Å². The Kier molecular flexibility index (Phi) is 7.45. The maximum Gasteiger partial charge on any atom is 0.0802 e. The van der Waals surface area contributed by atoms with Crippen LogP contribution >= 0.6 is 0 Å². The van der Waals surface area contributed by atoms with E-state index in [-0.39, 0.29) is 0 Å². The topological polar surface area (TPSA) is 20.2 Å². The van der Waals surface area contributed by atoms with E-state index in [4.69, 9.17) is 0 Å². The average Bonchev–Trinajstić information content (AvgIpc) is 2.37. The summed E-state index contributed by atoms with van der Waals surface area (Å²) >= 11 is 0. The lowest BCUT2D eigenvalue weighted by atomic mass is 9.87. The Hall–Kier alpha value is -0.820. The van der Waals surface area contributed by atoms with Crippen LogP contribution < -0.4 is 0 Å². The Morgan fingerprint density at radius 2 is 1.71 bits per heavy atom. The molecule has 0 aliphatic heterocycles. The molecule has 0 aromatic heterocycles. The van der Waals surface area contributed by atoms with Crippen LogP contribution in [-0.4, -0.2) is 10.7 Å². The van der Waals surface area contributed by atoms with Crippen molar-refractivity contribution in [2.75, 3.05) is 0 Å². The van der Waals surface area contributed by atoms with Crippen LogP contribution in [0, 0.1) is 11.8 Å². The van der Waals surface area contributed by atoms with Gasteiger partial charge in [0, 0.05) is 0 Å². The first-order chi connectivity index (χ1) is 9.80. The van der Waals surface area contributed by atoms with Crippen molar-refractivity contribution >= 4 is 0 Å². The average molecular weight is 290 g/mol. The first-order valence-electron chi connectivity index (χ1n) is 8.53. The number of aliphatic hydroxyl groups is 1. The summed E-state index contributed by atoms with van der Waals surface area (Å²) in [5.41, 5.74) is 2.26. The van der Waals surface area contributed by atoms with Crippen LogP contribution in [0.5, 0.6) is 0 Å². The van der Waals surface area contributed by atoms with E-state index in [0.717, 1.165) is 32.1 Å². The summed E-state index contributed by atoms with van der Waals surface area (Å²) in [7, 11) is 0. The lowest BCUT2D eigenvalue weighted by molar-refractivity contribution is 0.102. The molecule has 0 radical (unpaired) electrons. The van der Waals surface area contributed by atoms with Gasteiger partial charge in [-0.3, -0.25) is 0 Å². The summed E-state index contributed by atoms with van der Waals surface area (Å²) in [4.78, 5) is 0. The minimum atomic E-state index is -0.682. The van der Waals surface area contributed by atoms with Gasteiger partial charge in [0.1, 0.15) is 0 Å². The third-order valence-corrected chi connectivity index (χ3v) is 4.61. The lowest BCUT2D eigenvalue weighted by Crippen LogP contribution is -2.21. The molecule has 0 saturated carbocycles. The van der Waals surface area contributed by atoms with Gasteiger partial charge in [-0.25, -0.2) is 0 Å². The zero-order valence-electron chi connectivity index (χ0n) is 14.7. The van der Waals surface area contributed by atoms with Gasteiger partial charge in [0.05, 0.1) is 5.60 Å². The van der Waals surface area contributed by atoms with E-state index in [0.29, 0.717) is 11.8 Å². The Labute approximate surface area is 131 Å². The van der Waals surface area contributed by atoms with E-state index < -0.39 is 5.60 Å². The smallest absolute Gasteiger partial charge is 0.0802 e. The maximum atomic E-state index is 10.5. The Morgan fingerprint density at radius 1 is 1.10 bits per heavy atom. The highest BCUT2D eigenvalue weighted by Crippen LogP contribution is 2.25. The van der Waals surface area contributed by atoms with Crippen LogP contribution in [0.15, 0.2) is 35.5 Å². The van der Waals surface area contributed by atoms with Gasteiger partial charge >= 0.3 is 0 Å². The van der Waals surface area contributed by atoms with Crippen molar-refractivity contribution in [3.63, 3.8) is 0 Å². The van der Waals surface area contributed by atoms with E-state index in [1.54, 1.807) is 0 Å². The fourth-order valence-corrected chi connectivity index (χ4v) is 2.82. The fraction of sp³-hybridized carbons (Fsp3) is 0.700. The molecule has 1 nitrogen and oxygen atoms in total. The molecule has 1 N–H and O–H groups in total. The quantitative estimate of drug-likeness (QED) is 0.604. The predicted molar refractivity (Wildman–Crippen MR) is 93.3 cm³/mol. The number of hydrogen-bond acceptors (Lipinski definition) is 1. The maximum absolute atomic E-state index is 10.5. The van der Waals surface area contributed by atoms with Gasteiger partial charge in [-0.2, -0.15) is 0 Å². The second-order valence-corrected chi connectivity index (χ2v) is 7.34. The molecular weight excluding hydrogens is 256 g/mol. The van der Waals surface area contributed by atoms with Gasteiger partial charge in [-0.05, 0) is 71.1 Å². The summed E-state index contributed by atoms with van der Waals surface area (Å²) in [5.74, 6) is 1.18. The molecular formula is C20H34O. The molecule has 2 atom stereocenters. The summed E-state index contributed by atoms with van der Waals surface area (Å²) in [6, 6.07) is 0. The Balaban J connectivity index is 2.87. The normalized spacial score (nSPS) is 36.2. The molecule has 0 bridgehead atoms. The van der Waals surface area contributed by atoms with Gasteiger partial charge in [0.15, 0.2) is 0 Å². The molecule has 1 heteroatoms. The third kappa shape index (κ3) is 7.66. The van der Waals surface area contributed by atoms with Crippen LogP contribution in [0.4, 0.5) is 0 Å². The monoisotopic (exact) mass is 290 g/mol. The highest BCUT2D eigenvalue weighted by molar-refractivity contribution is 5.08. The molecule has 1 aliphatic carbocycles. The van der Waals surface area contributed by atoms with Crippen molar-refractivity contribution < 1.29 is 5.11 Å². The SMILES string of the molecule is C/C1=C/CC/C(C)=C/CCC(C)(O)/C=C/C(C(C)C)CC1. The van der Waals surface area contributed by atoms with Crippen LogP contribution in [0.25, 0.3) is 0 Å². The zero-order chi connectivity index (χ0) is 15.9.